The van der Waals surface area contributed by atoms with E-state index in [4.69, 9.17) is 17.2 Å². The molecule has 122 valence electrons. The number of guanidine groups is 2. The van der Waals surface area contributed by atoms with E-state index in [2.05, 4.69) is 15.1 Å². The Hall–Kier alpha value is -3.11. The largest absolute Gasteiger partial charge is 0.435 e. The van der Waals surface area contributed by atoms with Crippen LogP contribution in [0.1, 0.15) is 5.69 Å². The monoisotopic (exact) mass is 329 g/mol. The molecule has 1 heterocycles. The van der Waals surface area contributed by atoms with Crippen molar-refractivity contribution < 1.29 is 17.6 Å². The van der Waals surface area contributed by atoms with Crippen molar-refractivity contribution in [3.8, 4) is 5.69 Å². The van der Waals surface area contributed by atoms with Crippen LogP contribution in [0.4, 0.5) is 23.2 Å². The smallest absolute Gasteiger partial charge is 0.370 e. The Balaban J connectivity index is 2.33. The Bertz CT molecular complexity index is 772. The van der Waals surface area contributed by atoms with Gasteiger partial charge in [-0.2, -0.15) is 23.3 Å². The van der Waals surface area contributed by atoms with E-state index in [9.17, 15) is 17.6 Å². The molecule has 0 spiro atoms. The summed E-state index contributed by atoms with van der Waals surface area (Å²) in [4.78, 5) is 7.18. The van der Waals surface area contributed by atoms with Crippen LogP contribution in [0.25, 0.3) is 5.69 Å². The molecule has 11 heteroatoms. The van der Waals surface area contributed by atoms with Crippen molar-refractivity contribution in [1.29, 1.82) is 0 Å². The van der Waals surface area contributed by atoms with Gasteiger partial charge >= 0.3 is 6.18 Å². The van der Waals surface area contributed by atoms with Gasteiger partial charge in [-0.25, -0.2) is 14.1 Å². The quantitative estimate of drug-likeness (QED) is 0.436. The predicted molar refractivity (Wildman–Crippen MR) is 75.6 cm³/mol. The molecular formula is C12H11F4N7. The highest BCUT2D eigenvalue weighted by molar-refractivity contribution is 5.93. The Labute approximate surface area is 127 Å². The average molecular weight is 329 g/mol. The molecule has 23 heavy (non-hydrogen) atoms. The molecule has 0 aliphatic carbocycles. The summed E-state index contributed by atoms with van der Waals surface area (Å²) in [5.41, 5.74) is 14.4. The molecule has 0 bridgehead atoms. The molecule has 6 N–H and O–H groups in total. The van der Waals surface area contributed by atoms with Crippen molar-refractivity contribution in [3.05, 3.63) is 42.0 Å². The summed E-state index contributed by atoms with van der Waals surface area (Å²) in [5.74, 6) is -1.46. The third-order valence-electron chi connectivity index (χ3n) is 2.54. The van der Waals surface area contributed by atoms with E-state index in [1.54, 1.807) is 0 Å². The summed E-state index contributed by atoms with van der Waals surface area (Å²) in [6.45, 7) is 0. The van der Waals surface area contributed by atoms with Crippen molar-refractivity contribution in [2.24, 2.45) is 27.2 Å². The highest BCUT2D eigenvalue weighted by Crippen LogP contribution is 2.28. The minimum absolute atomic E-state index is 0.0805. The second-order valence-corrected chi connectivity index (χ2v) is 4.29. The molecule has 0 radical (unpaired) electrons. The summed E-state index contributed by atoms with van der Waals surface area (Å²) in [5, 5.41) is 3.28. The van der Waals surface area contributed by atoms with Crippen LogP contribution in [0.5, 0.6) is 0 Å². The van der Waals surface area contributed by atoms with Crippen LogP contribution in [0, 0.1) is 5.82 Å². The fourth-order valence-electron chi connectivity index (χ4n) is 1.65. The van der Waals surface area contributed by atoms with E-state index >= 15 is 0 Å². The van der Waals surface area contributed by atoms with Gasteiger partial charge in [0.25, 0.3) is 0 Å². The molecular weight excluding hydrogens is 318 g/mol. The number of benzene rings is 1. The first-order valence-electron chi connectivity index (χ1n) is 6.03. The summed E-state index contributed by atoms with van der Waals surface area (Å²) in [7, 11) is 0. The maximum Gasteiger partial charge on any atom is 0.435 e. The summed E-state index contributed by atoms with van der Waals surface area (Å²) < 4.78 is 52.3. The highest BCUT2D eigenvalue weighted by atomic mass is 19.4. The first kappa shape index (κ1) is 16.3. The fourth-order valence-corrected chi connectivity index (χ4v) is 1.65. The van der Waals surface area contributed by atoms with Crippen molar-refractivity contribution in [2.45, 2.75) is 6.18 Å². The first-order valence-corrected chi connectivity index (χ1v) is 6.03. The second-order valence-electron chi connectivity index (χ2n) is 4.29. The lowest BCUT2D eigenvalue weighted by atomic mass is 10.2. The van der Waals surface area contributed by atoms with Gasteiger partial charge in [0.05, 0.1) is 5.69 Å². The van der Waals surface area contributed by atoms with Crippen LogP contribution in [0.15, 0.2) is 40.4 Å². The van der Waals surface area contributed by atoms with Crippen LogP contribution in [-0.4, -0.2) is 21.7 Å². The van der Waals surface area contributed by atoms with Gasteiger partial charge in [0.1, 0.15) is 5.69 Å². The number of nitrogens with two attached hydrogens (primary N) is 3. The van der Waals surface area contributed by atoms with Crippen LogP contribution in [0.2, 0.25) is 0 Å². The summed E-state index contributed by atoms with van der Waals surface area (Å²) >= 11 is 0. The molecule has 0 fully saturated rings. The summed E-state index contributed by atoms with van der Waals surface area (Å²) in [6.07, 6.45) is -3.61. The number of aliphatic imine (C=N–C) groups is 2. The maximum absolute atomic E-state index is 14.0. The van der Waals surface area contributed by atoms with E-state index in [-0.39, 0.29) is 23.3 Å². The number of halogens is 4. The maximum atomic E-state index is 14.0. The van der Waals surface area contributed by atoms with Crippen molar-refractivity contribution in [3.63, 3.8) is 0 Å². The van der Waals surface area contributed by atoms with Crippen molar-refractivity contribution in [2.75, 3.05) is 0 Å². The SMILES string of the molecule is NC(N)=NC(N)=Nc1ccc(-n2ccc(C(F)(F)F)n2)c(F)c1. The predicted octanol–water partition coefficient (Wildman–Crippen LogP) is 1.25. The minimum atomic E-state index is -4.61. The Kier molecular flexibility index (Phi) is 4.20. The Morgan fingerprint density at radius 3 is 2.35 bits per heavy atom. The molecule has 0 aliphatic rings. The van der Waals surface area contributed by atoms with Gasteiger partial charge in [-0.1, -0.05) is 0 Å². The van der Waals surface area contributed by atoms with Gasteiger partial charge < -0.3 is 17.2 Å². The molecule has 1 aromatic carbocycles. The number of alkyl halides is 3. The number of hydrogen-bond donors (Lipinski definition) is 3. The molecule has 2 aromatic rings. The lowest BCUT2D eigenvalue weighted by Crippen LogP contribution is -2.26. The molecule has 1 aromatic heterocycles. The average Bonchev–Trinajstić information content (AvgIpc) is 2.86. The van der Waals surface area contributed by atoms with E-state index < -0.39 is 17.7 Å². The van der Waals surface area contributed by atoms with Crippen LogP contribution in [-0.2, 0) is 6.18 Å². The lowest BCUT2D eigenvalue weighted by Gasteiger charge is -2.05. The molecule has 0 atom stereocenters. The van der Waals surface area contributed by atoms with Crippen LogP contribution >= 0.6 is 0 Å². The topological polar surface area (TPSA) is 121 Å². The summed E-state index contributed by atoms with van der Waals surface area (Å²) in [6, 6.07) is 4.22. The molecule has 0 aliphatic heterocycles. The Morgan fingerprint density at radius 1 is 1.13 bits per heavy atom. The van der Waals surface area contributed by atoms with Crippen molar-refractivity contribution >= 4 is 17.6 Å². The van der Waals surface area contributed by atoms with Gasteiger partial charge in [0.2, 0.25) is 5.96 Å². The fraction of sp³-hybridized carbons (Fsp3) is 0.0833. The Morgan fingerprint density at radius 2 is 1.83 bits per heavy atom. The number of hydrogen-bond acceptors (Lipinski definition) is 2. The zero-order valence-corrected chi connectivity index (χ0v) is 11.4. The first-order chi connectivity index (χ1) is 10.7. The second kappa shape index (κ2) is 5.94. The third kappa shape index (κ3) is 3.96. The number of rotatable bonds is 2. The van der Waals surface area contributed by atoms with Gasteiger partial charge in [-0.3, -0.25) is 0 Å². The molecule has 2 rings (SSSR count). The molecule has 0 saturated heterocycles. The zero-order valence-electron chi connectivity index (χ0n) is 11.4. The van der Waals surface area contributed by atoms with E-state index in [1.807, 2.05) is 0 Å². The van der Waals surface area contributed by atoms with Crippen molar-refractivity contribution in [1.82, 2.24) is 9.78 Å². The molecule has 0 amide bonds. The van der Waals surface area contributed by atoms with E-state index in [0.29, 0.717) is 0 Å². The molecule has 0 unspecified atom stereocenters. The molecule has 0 saturated carbocycles. The van der Waals surface area contributed by atoms with Gasteiger partial charge in [0.15, 0.2) is 17.5 Å². The van der Waals surface area contributed by atoms with Crippen LogP contribution < -0.4 is 17.2 Å². The lowest BCUT2D eigenvalue weighted by molar-refractivity contribution is -0.141. The third-order valence-corrected chi connectivity index (χ3v) is 2.54. The van der Waals surface area contributed by atoms with Gasteiger partial charge in [-0.15, -0.1) is 0 Å². The standard InChI is InChI=1S/C12H11F4N7/c13-7-5-6(20-11(19)21-10(17)18)1-2-8(7)23-4-3-9(22-23)12(14,15)16/h1-5H,(H6,17,18,19,20,21). The zero-order chi connectivity index (χ0) is 17.2. The van der Waals surface area contributed by atoms with Gasteiger partial charge in [-0.05, 0) is 18.2 Å². The number of aromatic nitrogens is 2. The molecule has 7 nitrogen and oxygen atoms in total. The van der Waals surface area contributed by atoms with Gasteiger partial charge in [0, 0.05) is 12.3 Å². The minimum Gasteiger partial charge on any atom is -0.370 e. The van der Waals surface area contributed by atoms with Crippen LogP contribution in [0.3, 0.4) is 0 Å². The number of nitrogens with zero attached hydrogens (tertiary/aromatic N) is 4. The van der Waals surface area contributed by atoms with E-state index in [0.717, 1.165) is 23.0 Å². The normalized spacial score (nSPS) is 12.3. The van der Waals surface area contributed by atoms with E-state index in [1.165, 1.54) is 12.1 Å². The highest BCUT2D eigenvalue weighted by Gasteiger charge is 2.33.